The molecule has 1 aliphatic heterocycles. The Bertz CT molecular complexity index is 723. The molecule has 2 atom stereocenters. The lowest BCUT2D eigenvalue weighted by Gasteiger charge is -2.11. The van der Waals surface area contributed by atoms with Gasteiger partial charge in [0.1, 0.15) is 11.9 Å². The molecular formula is C17H22FN5OS. The van der Waals surface area contributed by atoms with Crippen LogP contribution in [0.25, 0.3) is 0 Å². The first-order valence-electron chi connectivity index (χ1n) is 8.25. The second-order valence-electron chi connectivity index (χ2n) is 5.97. The van der Waals surface area contributed by atoms with Crippen molar-refractivity contribution < 1.29 is 9.18 Å². The number of rotatable bonds is 7. The second kappa shape index (κ2) is 8.46. The first-order valence-corrected chi connectivity index (χ1v) is 9.40. The smallest absolute Gasteiger partial charge is 0.238 e. The number of hydrogen-bond acceptors (Lipinski definition) is 5. The monoisotopic (exact) mass is 363 g/mol. The van der Waals surface area contributed by atoms with E-state index >= 15 is 0 Å². The van der Waals surface area contributed by atoms with E-state index in [1.165, 1.54) is 6.07 Å². The van der Waals surface area contributed by atoms with E-state index in [-0.39, 0.29) is 23.8 Å². The molecule has 6 nitrogen and oxygen atoms in total. The molecule has 0 radical (unpaired) electrons. The van der Waals surface area contributed by atoms with Crippen molar-refractivity contribution in [3.63, 3.8) is 0 Å². The standard InChI is InChI=1S/C17H22FN5OS/c1-11-16(21-10-20-11)9-25-7-6-19-17(24)15-8-14(22-23-15)12-4-2-3-5-13(12)18/h2-5,10,14-15,22-23H,6-9H2,1H3,(H,19,24)(H,20,21). The Kier molecular flexibility index (Phi) is 6.06. The van der Waals surface area contributed by atoms with Gasteiger partial charge in [-0.2, -0.15) is 11.8 Å². The fraction of sp³-hybridized carbons (Fsp3) is 0.412. The van der Waals surface area contributed by atoms with Gasteiger partial charge >= 0.3 is 0 Å². The van der Waals surface area contributed by atoms with E-state index in [1.54, 1.807) is 36.3 Å². The maximum atomic E-state index is 13.8. The number of H-pyrrole nitrogens is 1. The van der Waals surface area contributed by atoms with E-state index in [0.29, 0.717) is 18.5 Å². The van der Waals surface area contributed by atoms with Gasteiger partial charge in [-0.1, -0.05) is 18.2 Å². The number of thioether (sulfide) groups is 1. The summed E-state index contributed by atoms with van der Waals surface area (Å²) < 4.78 is 13.8. The predicted molar refractivity (Wildman–Crippen MR) is 96.3 cm³/mol. The van der Waals surface area contributed by atoms with Crippen LogP contribution in [0.1, 0.15) is 29.4 Å². The average Bonchev–Trinajstić information content (AvgIpc) is 3.24. The van der Waals surface area contributed by atoms with Crippen molar-refractivity contribution in [2.24, 2.45) is 0 Å². The number of carbonyl (C=O) groups is 1. The minimum Gasteiger partial charge on any atom is -0.354 e. The zero-order valence-corrected chi connectivity index (χ0v) is 14.8. The van der Waals surface area contributed by atoms with Gasteiger partial charge in [0.05, 0.1) is 18.1 Å². The van der Waals surface area contributed by atoms with Crippen LogP contribution in [-0.4, -0.2) is 34.2 Å². The molecule has 1 aromatic heterocycles. The van der Waals surface area contributed by atoms with E-state index in [0.717, 1.165) is 22.9 Å². The van der Waals surface area contributed by atoms with Crippen LogP contribution in [0.3, 0.4) is 0 Å². The van der Waals surface area contributed by atoms with Gasteiger partial charge in [-0.15, -0.1) is 0 Å². The van der Waals surface area contributed by atoms with Gasteiger partial charge < -0.3 is 10.3 Å². The first kappa shape index (κ1) is 17.9. The molecule has 2 heterocycles. The number of hydrogen-bond donors (Lipinski definition) is 4. The highest BCUT2D eigenvalue weighted by atomic mass is 32.2. The molecule has 1 amide bonds. The Hall–Kier alpha value is -1.90. The lowest BCUT2D eigenvalue weighted by molar-refractivity contribution is -0.122. The third-order valence-electron chi connectivity index (χ3n) is 4.22. The molecular weight excluding hydrogens is 341 g/mol. The Morgan fingerprint density at radius 3 is 3.00 bits per heavy atom. The van der Waals surface area contributed by atoms with Gasteiger partial charge in [0.15, 0.2) is 0 Å². The van der Waals surface area contributed by atoms with E-state index in [2.05, 4.69) is 26.1 Å². The zero-order chi connectivity index (χ0) is 17.6. The van der Waals surface area contributed by atoms with Crippen LogP contribution < -0.4 is 16.2 Å². The normalized spacial score (nSPS) is 19.9. The number of nitrogens with zero attached hydrogens (tertiary/aromatic N) is 1. The lowest BCUT2D eigenvalue weighted by atomic mass is 10.0. The summed E-state index contributed by atoms with van der Waals surface area (Å²) in [6, 6.07) is 6.07. The van der Waals surface area contributed by atoms with Crippen molar-refractivity contribution in [1.29, 1.82) is 0 Å². The molecule has 3 rings (SSSR count). The number of aryl methyl sites for hydroxylation is 1. The van der Waals surface area contributed by atoms with Gasteiger partial charge in [-0.3, -0.25) is 4.79 Å². The van der Waals surface area contributed by atoms with Crippen LogP contribution in [0.15, 0.2) is 30.6 Å². The predicted octanol–water partition coefficient (Wildman–Crippen LogP) is 1.81. The maximum absolute atomic E-state index is 13.8. The summed E-state index contributed by atoms with van der Waals surface area (Å²) in [5, 5.41) is 2.92. The minimum atomic E-state index is -0.358. The minimum absolute atomic E-state index is 0.0668. The number of benzene rings is 1. The molecule has 2 aromatic rings. The molecule has 0 bridgehead atoms. The van der Waals surface area contributed by atoms with E-state index in [4.69, 9.17) is 0 Å². The number of halogens is 1. The zero-order valence-electron chi connectivity index (χ0n) is 14.0. The molecule has 0 spiro atoms. The largest absolute Gasteiger partial charge is 0.354 e. The summed E-state index contributed by atoms with van der Waals surface area (Å²) in [7, 11) is 0. The Morgan fingerprint density at radius 1 is 1.40 bits per heavy atom. The van der Waals surface area contributed by atoms with E-state index < -0.39 is 0 Å². The summed E-state index contributed by atoms with van der Waals surface area (Å²) in [5.41, 5.74) is 8.66. The van der Waals surface area contributed by atoms with Gasteiger partial charge in [-0.25, -0.2) is 20.2 Å². The molecule has 4 N–H and O–H groups in total. The highest BCUT2D eigenvalue weighted by molar-refractivity contribution is 7.98. The fourth-order valence-electron chi connectivity index (χ4n) is 2.76. The van der Waals surface area contributed by atoms with Crippen molar-refractivity contribution in [3.05, 3.63) is 53.4 Å². The molecule has 1 aliphatic rings. The van der Waals surface area contributed by atoms with Gasteiger partial charge in [0.2, 0.25) is 5.91 Å². The van der Waals surface area contributed by atoms with Gasteiger partial charge in [0.25, 0.3) is 0 Å². The topological polar surface area (TPSA) is 81.8 Å². The molecule has 134 valence electrons. The van der Waals surface area contributed by atoms with E-state index in [1.807, 2.05) is 6.92 Å². The van der Waals surface area contributed by atoms with Crippen molar-refractivity contribution in [2.45, 2.75) is 31.2 Å². The summed E-state index contributed by atoms with van der Waals surface area (Å²) in [4.78, 5) is 19.5. The van der Waals surface area contributed by atoms with Gasteiger partial charge in [0, 0.05) is 29.3 Å². The Morgan fingerprint density at radius 2 is 2.24 bits per heavy atom. The third-order valence-corrected chi connectivity index (χ3v) is 5.19. The van der Waals surface area contributed by atoms with Crippen LogP contribution in [0.5, 0.6) is 0 Å². The number of aromatic nitrogens is 2. The number of carbonyl (C=O) groups excluding carboxylic acids is 1. The summed E-state index contributed by atoms with van der Waals surface area (Å²) in [5.74, 6) is 1.31. The Labute approximate surface area is 150 Å². The van der Waals surface area contributed by atoms with Crippen LogP contribution in [0, 0.1) is 12.7 Å². The van der Waals surface area contributed by atoms with Crippen LogP contribution in [-0.2, 0) is 10.5 Å². The molecule has 8 heteroatoms. The molecule has 0 saturated carbocycles. The third kappa shape index (κ3) is 4.59. The van der Waals surface area contributed by atoms with Gasteiger partial charge in [-0.05, 0) is 19.4 Å². The second-order valence-corrected chi connectivity index (χ2v) is 7.07. The highest BCUT2D eigenvalue weighted by Crippen LogP contribution is 2.24. The quantitative estimate of drug-likeness (QED) is 0.564. The molecule has 1 saturated heterocycles. The molecule has 2 unspecified atom stereocenters. The van der Waals surface area contributed by atoms with Crippen molar-refractivity contribution in [1.82, 2.24) is 26.1 Å². The van der Waals surface area contributed by atoms with Crippen molar-refractivity contribution in [3.8, 4) is 0 Å². The number of amides is 1. The molecule has 1 fully saturated rings. The number of nitrogens with one attached hydrogen (secondary N) is 4. The molecule has 1 aromatic carbocycles. The number of aromatic amines is 1. The van der Waals surface area contributed by atoms with Crippen molar-refractivity contribution in [2.75, 3.05) is 12.3 Å². The maximum Gasteiger partial charge on any atom is 0.238 e. The van der Waals surface area contributed by atoms with Crippen LogP contribution in [0.2, 0.25) is 0 Å². The van der Waals surface area contributed by atoms with Crippen LogP contribution >= 0.6 is 11.8 Å². The SMILES string of the molecule is Cc1[nH]cnc1CSCCNC(=O)C1CC(c2ccccc2F)NN1. The fourth-order valence-corrected chi connectivity index (χ4v) is 3.64. The van der Waals surface area contributed by atoms with E-state index in [9.17, 15) is 9.18 Å². The molecule has 0 aliphatic carbocycles. The average molecular weight is 363 g/mol. The van der Waals surface area contributed by atoms with Crippen LogP contribution in [0.4, 0.5) is 4.39 Å². The number of imidazole rings is 1. The number of hydrazine groups is 1. The summed E-state index contributed by atoms with van der Waals surface area (Å²) >= 11 is 1.73. The molecule has 25 heavy (non-hydrogen) atoms. The summed E-state index contributed by atoms with van der Waals surface area (Å²) in [6.07, 6.45) is 2.21. The summed E-state index contributed by atoms with van der Waals surface area (Å²) in [6.45, 7) is 2.59. The highest BCUT2D eigenvalue weighted by Gasteiger charge is 2.31. The van der Waals surface area contributed by atoms with Crippen molar-refractivity contribution >= 4 is 17.7 Å². The lowest BCUT2D eigenvalue weighted by Crippen LogP contribution is -2.43. The first-order chi connectivity index (χ1) is 12.1. The Balaban J connectivity index is 1.38.